The van der Waals surface area contributed by atoms with Crippen molar-refractivity contribution in [3.05, 3.63) is 137 Å². The van der Waals surface area contributed by atoms with E-state index in [1.807, 2.05) is 11.3 Å². The zero-order valence-electron chi connectivity index (χ0n) is 37.6. The van der Waals surface area contributed by atoms with E-state index >= 15 is 0 Å². The lowest BCUT2D eigenvalue weighted by Gasteiger charge is -2.30. The van der Waals surface area contributed by atoms with Crippen LogP contribution in [0.3, 0.4) is 0 Å². The first-order chi connectivity index (χ1) is 29.5. The fourth-order valence-electron chi connectivity index (χ4n) is 12.4. The molecule has 5 heterocycles. The summed E-state index contributed by atoms with van der Waals surface area (Å²) < 4.78 is 11.0. The van der Waals surface area contributed by atoms with Gasteiger partial charge < -0.3 is 0 Å². The minimum absolute atomic E-state index is 0.234. The summed E-state index contributed by atoms with van der Waals surface area (Å²) in [5.41, 5.74) is 18.2. The number of rotatable bonds is 7. The first kappa shape index (κ1) is 39.0. The van der Waals surface area contributed by atoms with Crippen LogP contribution in [-0.2, 0) is 12.8 Å². The number of nitrogens with zero attached hydrogens (tertiary/aromatic N) is 3. The molecule has 8 aromatic rings. The standard InChI is InChI=1S/C56H61N3SSi/c1-10-38(33(3)4)43(11-2)58-44-23-17-18-24-45(44)59-48-31-47-52(53(48)42-28-35(6)51-41-26-25-34(5)27-49(41)60-55(51)54(42)56(58)59)40-22-16-15-21-39(40)46-30-37(29-36-19-13-12-14-20-36)50(32-57(46)47)61(7,8)9/h10,15-18,21-28,30,32-33,36,47,52H,1,11-14,19-20,29,31H2,2-9H3/q+2/b43-38-. The van der Waals surface area contributed by atoms with E-state index in [1.54, 1.807) is 10.8 Å². The van der Waals surface area contributed by atoms with Crippen LogP contribution in [0.2, 0.25) is 19.6 Å². The van der Waals surface area contributed by atoms with E-state index in [9.17, 15) is 0 Å². The van der Waals surface area contributed by atoms with Crippen molar-refractivity contribution < 1.29 is 9.13 Å². The molecule has 61 heavy (non-hydrogen) atoms. The van der Waals surface area contributed by atoms with E-state index in [1.165, 1.54) is 137 Å². The van der Waals surface area contributed by atoms with E-state index in [0.29, 0.717) is 5.92 Å². The molecule has 0 bridgehead atoms. The molecule has 2 atom stereocenters. The van der Waals surface area contributed by atoms with Crippen molar-refractivity contribution in [3.63, 3.8) is 0 Å². The molecule has 0 spiro atoms. The zero-order chi connectivity index (χ0) is 42.1. The molecule has 11 rings (SSSR count). The number of pyridine rings is 2. The fourth-order valence-corrected chi connectivity index (χ4v) is 15.5. The molecule has 308 valence electrons. The first-order valence-electron chi connectivity index (χ1n) is 23.3. The van der Waals surface area contributed by atoms with Crippen molar-refractivity contribution in [1.29, 1.82) is 0 Å². The molecule has 5 heteroatoms. The molecular weight excluding hydrogens is 775 g/mol. The van der Waals surface area contributed by atoms with Gasteiger partial charge in [0, 0.05) is 38.7 Å². The minimum Gasteiger partial charge on any atom is -0.194 e. The van der Waals surface area contributed by atoms with Crippen LogP contribution in [-0.4, -0.2) is 12.5 Å². The quantitative estimate of drug-likeness (QED) is 0.0861. The van der Waals surface area contributed by atoms with E-state index in [4.69, 9.17) is 0 Å². The van der Waals surface area contributed by atoms with Gasteiger partial charge in [0.05, 0.1) is 36.1 Å². The Labute approximate surface area is 367 Å². The largest absolute Gasteiger partial charge is 0.301 e. The van der Waals surface area contributed by atoms with Gasteiger partial charge in [-0.3, -0.25) is 0 Å². The van der Waals surface area contributed by atoms with Crippen molar-refractivity contribution in [2.24, 2.45) is 11.8 Å². The number of para-hydroxylation sites is 2. The molecular formula is C56H61N3SSi+2. The average Bonchev–Trinajstić information content (AvgIpc) is 3.93. The third kappa shape index (κ3) is 5.78. The van der Waals surface area contributed by atoms with Gasteiger partial charge in [-0.05, 0) is 95.6 Å². The third-order valence-electron chi connectivity index (χ3n) is 15.0. The number of aryl methyl sites for hydroxylation is 2. The predicted octanol–water partition coefficient (Wildman–Crippen LogP) is 13.8. The number of fused-ring (bicyclic) bond motifs is 19. The molecule has 0 N–H and O–H groups in total. The highest BCUT2D eigenvalue weighted by Gasteiger charge is 2.51. The summed E-state index contributed by atoms with van der Waals surface area (Å²) in [6.07, 6.45) is 14.9. The van der Waals surface area contributed by atoms with Crippen molar-refractivity contribution >= 4 is 77.9 Å². The van der Waals surface area contributed by atoms with Gasteiger partial charge >= 0.3 is 5.65 Å². The Morgan fingerprint density at radius 1 is 0.918 bits per heavy atom. The fraction of sp³-hybridized carbons (Fsp3) is 0.357. The lowest BCUT2D eigenvalue weighted by molar-refractivity contribution is -0.714. The Balaban J connectivity index is 1.29. The number of hydrogen-bond donors (Lipinski definition) is 0. The van der Waals surface area contributed by atoms with Gasteiger partial charge in [-0.1, -0.05) is 128 Å². The van der Waals surface area contributed by atoms with Crippen LogP contribution in [0.25, 0.3) is 64.6 Å². The maximum absolute atomic E-state index is 4.42. The van der Waals surface area contributed by atoms with Gasteiger partial charge in [-0.25, -0.2) is 0 Å². The summed E-state index contributed by atoms with van der Waals surface area (Å²) in [6.45, 7) is 23.7. The highest BCUT2D eigenvalue weighted by molar-refractivity contribution is 7.26. The summed E-state index contributed by atoms with van der Waals surface area (Å²) in [7, 11) is -1.70. The second kappa shape index (κ2) is 14.4. The third-order valence-corrected chi connectivity index (χ3v) is 18.3. The molecule has 4 aromatic heterocycles. The van der Waals surface area contributed by atoms with Gasteiger partial charge in [-0.2, -0.15) is 13.5 Å². The van der Waals surface area contributed by atoms with E-state index in [2.05, 4.69) is 166 Å². The second-order valence-electron chi connectivity index (χ2n) is 20.2. The Kier molecular flexibility index (Phi) is 9.19. The maximum atomic E-state index is 4.42. The van der Waals surface area contributed by atoms with Gasteiger partial charge in [0.15, 0.2) is 23.3 Å². The summed E-state index contributed by atoms with van der Waals surface area (Å²) in [5, 5.41) is 7.27. The lowest BCUT2D eigenvalue weighted by atomic mass is 9.80. The Hall–Kier alpha value is -4.84. The van der Waals surface area contributed by atoms with Crippen molar-refractivity contribution in [3.8, 4) is 11.3 Å². The number of allylic oxidation sites excluding steroid dienone is 3. The molecule has 4 aromatic carbocycles. The first-order valence-corrected chi connectivity index (χ1v) is 27.6. The monoisotopic (exact) mass is 835 g/mol. The van der Waals surface area contributed by atoms with Crippen LogP contribution in [0.15, 0.2) is 103 Å². The summed E-state index contributed by atoms with van der Waals surface area (Å²) in [5.74, 6) is 1.39. The van der Waals surface area contributed by atoms with Gasteiger partial charge in [-0.15, -0.1) is 11.3 Å². The van der Waals surface area contributed by atoms with Crippen LogP contribution in [0, 0.1) is 25.7 Å². The summed E-state index contributed by atoms with van der Waals surface area (Å²) in [4.78, 5) is 0. The zero-order valence-corrected chi connectivity index (χ0v) is 39.4. The van der Waals surface area contributed by atoms with Crippen molar-refractivity contribution in [1.82, 2.24) is 4.40 Å². The molecule has 2 aliphatic carbocycles. The molecule has 1 aliphatic heterocycles. The highest BCUT2D eigenvalue weighted by Crippen LogP contribution is 2.54. The van der Waals surface area contributed by atoms with Crippen LogP contribution in [0.1, 0.15) is 105 Å². The minimum atomic E-state index is -1.70. The maximum Gasteiger partial charge on any atom is 0.301 e. The highest BCUT2D eigenvalue weighted by atomic mass is 32.1. The van der Waals surface area contributed by atoms with E-state index in [0.717, 1.165) is 18.8 Å². The number of aromatic nitrogens is 3. The molecule has 1 saturated carbocycles. The Morgan fingerprint density at radius 3 is 2.44 bits per heavy atom. The number of benzene rings is 4. The smallest absolute Gasteiger partial charge is 0.194 e. The Morgan fingerprint density at radius 2 is 1.69 bits per heavy atom. The molecule has 0 radical (unpaired) electrons. The van der Waals surface area contributed by atoms with Gasteiger partial charge in [0.2, 0.25) is 5.69 Å². The van der Waals surface area contributed by atoms with Crippen LogP contribution >= 0.6 is 11.3 Å². The van der Waals surface area contributed by atoms with Crippen molar-refractivity contribution in [2.75, 3.05) is 0 Å². The predicted molar refractivity (Wildman–Crippen MR) is 263 cm³/mol. The normalized spacial score (nSPS) is 18.3. The molecule has 3 aliphatic rings. The summed E-state index contributed by atoms with van der Waals surface area (Å²) >= 11 is 2.00. The van der Waals surface area contributed by atoms with Crippen LogP contribution < -0.4 is 14.3 Å². The van der Waals surface area contributed by atoms with Crippen LogP contribution in [0.4, 0.5) is 0 Å². The molecule has 1 fully saturated rings. The van der Waals surface area contributed by atoms with E-state index < -0.39 is 8.07 Å². The topological polar surface area (TPSA) is 12.2 Å². The number of imidazole rings is 1. The van der Waals surface area contributed by atoms with Gasteiger partial charge in [0.1, 0.15) is 11.4 Å². The lowest BCUT2D eigenvalue weighted by Crippen LogP contribution is -2.53. The SMILES string of the molecule is C=C/C(=C(\CC)[n+]1c2ccccc2n2c3c(c4cc(C)c5c6ccc(C)cc6sc5c4c21)C1c2ccccc2-c2cc(CC4CCCCC4)c([Si](C)(C)C)c[n+]2C1C3)C(C)C. The molecule has 3 nitrogen and oxygen atoms in total. The average molecular weight is 836 g/mol. The van der Waals surface area contributed by atoms with Gasteiger partial charge in [0.25, 0.3) is 0 Å². The molecule has 2 unspecified atom stereocenters. The Bertz CT molecular complexity index is 3180. The van der Waals surface area contributed by atoms with Crippen molar-refractivity contribution in [2.45, 2.75) is 118 Å². The second-order valence-corrected chi connectivity index (χ2v) is 26.3. The number of thiophene rings is 1. The molecule has 0 saturated heterocycles. The summed E-state index contributed by atoms with van der Waals surface area (Å²) in [6, 6.07) is 31.4. The molecule has 0 amide bonds. The van der Waals surface area contributed by atoms with E-state index in [-0.39, 0.29) is 12.0 Å². The number of hydrogen-bond acceptors (Lipinski definition) is 1. The van der Waals surface area contributed by atoms with Crippen LogP contribution in [0.5, 0.6) is 0 Å².